The number of Topliss-reactive ketones (excluding diaryl/α,β-unsaturated/α-hetero) is 1. The highest BCUT2D eigenvalue weighted by atomic mass is 16.3. The number of carbonyl (C=O) groups is 1. The number of benzene rings is 1. The van der Waals surface area contributed by atoms with Gasteiger partial charge in [0.1, 0.15) is 5.78 Å². The number of ketones is 1. The molecule has 1 aromatic carbocycles. The third-order valence-electron chi connectivity index (χ3n) is 2.17. The Hall–Kier alpha value is -1.31. The van der Waals surface area contributed by atoms with Gasteiger partial charge >= 0.3 is 0 Å². The van der Waals surface area contributed by atoms with Gasteiger partial charge in [-0.3, -0.25) is 5.11 Å². The molecule has 0 saturated heterocycles. The normalized spacial score (nSPS) is 10.1. The summed E-state index contributed by atoms with van der Waals surface area (Å²) in [5.74, 6) is 0.303. The first-order chi connectivity index (χ1) is 6.68. The number of carbonyl (C=O) groups excluding carboxylic acids is 1. The lowest BCUT2D eigenvalue weighted by atomic mass is 10.1. The average Bonchev–Trinajstić information content (AvgIpc) is 2.15. The molecular weight excluding hydrogens is 176 g/mol. The molecule has 2 nitrogen and oxygen atoms in total. The lowest BCUT2D eigenvalue weighted by Gasteiger charge is -1.99. The molecule has 0 aliphatic rings. The van der Waals surface area contributed by atoms with Crippen LogP contribution in [0.25, 0.3) is 0 Å². The van der Waals surface area contributed by atoms with Crippen LogP contribution in [-0.4, -0.2) is 5.78 Å². The van der Waals surface area contributed by atoms with E-state index in [1.54, 1.807) is 19.1 Å². The summed E-state index contributed by atoms with van der Waals surface area (Å²) < 4.78 is 0. The van der Waals surface area contributed by atoms with Gasteiger partial charge in [0.15, 0.2) is 5.75 Å². The maximum atomic E-state index is 10.8. The van der Waals surface area contributed by atoms with Crippen molar-refractivity contribution in [1.29, 1.82) is 0 Å². The van der Waals surface area contributed by atoms with E-state index in [0.29, 0.717) is 6.42 Å². The molecule has 0 aliphatic heterocycles. The fourth-order valence-electron chi connectivity index (χ4n) is 1.36. The minimum atomic E-state index is 0.0532. The van der Waals surface area contributed by atoms with Crippen molar-refractivity contribution in [2.75, 3.05) is 0 Å². The van der Waals surface area contributed by atoms with E-state index >= 15 is 0 Å². The van der Waals surface area contributed by atoms with E-state index in [0.717, 1.165) is 19.3 Å². The Morgan fingerprint density at radius 1 is 1.14 bits per heavy atom. The van der Waals surface area contributed by atoms with E-state index in [-0.39, 0.29) is 11.5 Å². The van der Waals surface area contributed by atoms with E-state index < -0.39 is 0 Å². The van der Waals surface area contributed by atoms with Crippen molar-refractivity contribution in [3.63, 3.8) is 0 Å². The first kappa shape index (κ1) is 10.8. The molecule has 0 spiro atoms. The lowest BCUT2D eigenvalue weighted by Crippen LogP contribution is -1.91. The Morgan fingerprint density at radius 3 is 2.36 bits per heavy atom. The first-order valence-electron chi connectivity index (χ1n) is 4.94. The molecule has 1 aromatic rings. The van der Waals surface area contributed by atoms with Gasteiger partial charge in [0.2, 0.25) is 0 Å². The van der Waals surface area contributed by atoms with Crippen LogP contribution in [-0.2, 0) is 16.3 Å². The molecule has 0 atom stereocenters. The van der Waals surface area contributed by atoms with Crippen molar-refractivity contribution in [3.05, 3.63) is 29.8 Å². The summed E-state index contributed by atoms with van der Waals surface area (Å²) in [6, 6.07) is 6.88. The summed E-state index contributed by atoms with van der Waals surface area (Å²) in [5, 5.41) is 10.8. The molecule has 0 aromatic heterocycles. The molecule has 1 rings (SSSR count). The Labute approximate surface area is 84.6 Å². The van der Waals surface area contributed by atoms with Gasteiger partial charge in [0.25, 0.3) is 0 Å². The second kappa shape index (κ2) is 5.43. The van der Waals surface area contributed by atoms with Crippen LogP contribution in [0.2, 0.25) is 0 Å². The minimum Gasteiger partial charge on any atom is -0.300 e. The summed E-state index contributed by atoms with van der Waals surface area (Å²) in [4.78, 5) is 10.7. The highest BCUT2D eigenvalue weighted by Gasteiger charge is 1.96. The predicted octanol–water partition coefficient (Wildman–Crippen LogP) is 3.13. The van der Waals surface area contributed by atoms with Crippen LogP contribution in [0.3, 0.4) is 0 Å². The van der Waals surface area contributed by atoms with Crippen molar-refractivity contribution in [2.24, 2.45) is 0 Å². The zero-order chi connectivity index (χ0) is 10.4. The van der Waals surface area contributed by atoms with Crippen LogP contribution in [0.15, 0.2) is 24.3 Å². The van der Waals surface area contributed by atoms with E-state index in [1.807, 2.05) is 12.1 Å². The van der Waals surface area contributed by atoms with Gasteiger partial charge in [-0.05, 0) is 43.9 Å². The molecule has 0 saturated carbocycles. The van der Waals surface area contributed by atoms with Gasteiger partial charge in [-0.2, -0.15) is 0 Å². The van der Waals surface area contributed by atoms with Crippen LogP contribution in [0.5, 0.6) is 5.75 Å². The van der Waals surface area contributed by atoms with Gasteiger partial charge in [-0.15, -0.1) is 0 Å². The van der Waals surface area contributed by atoms with Crippen LogP contribution < -0.4 is 0 Å². The zero-order valence-corrected chi connectivity index (χ0v) is 8.45. The Kier molecular flexibility index (Phi) is 4.17. The van der Waals surface area contributed by atoms with Gasteiger partial charge in [0, 0.05) is 6.42 Å². The molecule has 0 unspecified atom stereocenters. The Bertz CT molecular complexity index is 288. The van der Waals surface area contributed by atoms with Crippen LogP contribution in [0, 0.1) is 0 Å². The van der Waals surface area contributed by atoms with E-state index in [9.17, 15) is 9.90 Å². The molecular formula is C12H15O2. The molecule has 0 heterocycles. The highest BCUT2D eigenvalue weighted by molar-refractivity contribution is 5.75. The molecule has 14 heavy (non-hydrogen) atoms. The number of hydrogen-bond acceptors (Lipinski definition) is 1. The third kappa shape index (κ3) is 4.08. The second-order valence-electron chi connectivity index (χ2n) is 3.55. The molecule has 1 radical (unpaired) electrons. The third-order valence-corrected chi connectivity index (χ3v) is 2.17. The fourth-order valence-corrected chi connectivity index (χ4v) is 1.36. The average molecular weight is 191 g/mol. The van der Waals surface area contributed by atoms with Crippen LogP contribution in [0.1, 0.15) is 31.7 Å². The largest absolute Gasteiger partial charge is 0.300 e. The molecule has 2 heteroatoms. The summed E-state index contributed by atoms with van der Waals surface area (Å²) in [7, 11) is 0. The molecule has 0 fully saturated rings. The summed E-state index contributed by atoms with van der Waals surface area (Å²) >= 11 is 0. The topological polar surface area (TPSA) is 37.0 Å². The molecule has 0 bridgehead atoms. The number of aryl methyl sites for hydroxylation is 1. The minimum absolute atomic E-state index is 0.0532. The van der Waals surface area contributed by atoms with Crippen molar-refractivity contribution in [2.45, 2.75) is 32.6 Å². The van der Waals surface area contributed by atoms with Crippen LogP contribution >= 0.6 is 0 Å². The smallest absolute Gasteiger partial charge is 0.178 e. The number of rotatable bonds is 5. The standard InChI is InChI=1S/C12H15O2/c1-10(13)4-2-3-5-11-6-8-12(14)9-7-11/h6-9H,2-5H2,1H3. The second-order valence-corrected chi connectivity index (χ2v) is 3.55. The quantitative estimate of drug-likeness (QED) is 0.659. The van der Waals surface area contributed by atoms with E-state index in [2.05, 4.69) is 0 Å². The lowest BCUT2D eigenvalue weighted by molar-refractivity contribution is -0.117. The Balaban J connectivity index is 2.25. The van der Waals surface area contributed by atoms with Gasteiger partial charge in [-0.25, -0.2) is 0 Å². The maximum absolute atomic E-state index is 10.8. The monoisotopic (exact) mass is 191 g/mol. The summed E-state index contributed by atoms with van der Waals surface area (Å²) in [6.45, 7) is 1.62. The molecule has 0 N–H and O–H groups in total. The summed E-state index contributed by atoms with van der Waals surface area (Å²) in [5.41, 5.74) is 1.17. The molecule has 0 amide bonds. The zero-order valence-electron chi connectivity index (χ0n) is 8.45. The Morgan fingerprint density at radius 2 is 1.79 bits per heavy atom. The number of hydrogen-bond donors (Lipinski definition) is 0. The van der Waals surface area contributed by atoms with Gasteiger partial charge in [0.05, 0.1) is 0 Å². The van der Waals surface area contributed by atoms with Gasteiger partial charge in [-0.1, -0.05) is 12.1 Å². The van der Waals surface area contributed by atoms with Crippen molar-refractivity contribution >= 4 is 5.78 Å². The fraction of sp³-hybridized carbons (Fsp3) is 0.417. The SMILES string of the molecule is CC(=O)CCCCc1ccc([O])cc1. The first-order valence-corrected chi connectivity index (χ1v) is 4.94. The van der Waals surface area contributed by atoms with Crippen molar-refractivity contribution < 1.29 is 9.90 Å². The highest BCUT2D eigenvalue weighted by Crippen LogP contribution is 2.12. The van der Waals surface area contributed by atoms with Crippen molar-refractivity contribution in [1.82, 2.24) is 0 Å². The molecule has 0 aliphatic carbocycles. The predicted molar refractivity (Wildman–Crippen MR) is 54.8 cm³/mol. The van der Waals surface area contributed by atoms with E-state index in [4.69, 9.17) is 0 Å². The van der Waals surface area contributed by atoms with E-state index in [1.165, 1.54) is 5.56 Å². The summed E-state index contributed by atoms with van der Waals surface area (Å²) in [6.07, 6.45) is 3.57. The molecule has 75 valence electrons. The van der Waals surface area contributed by atoms with Crippen molar-refractivity contribution in [3.8, 4) is 5.75 Å². The van der Waals surface area contributed by atoms with Gasteiger partial charge < -0.3 is 4.79 Å². The maximum Gasteiger partial charge on any atom is 0.178 e. The number of unbranched alkanes of at least 4 members (excludes halogenated alkanes) is 1. The van der Waals surface area contributed by atoms with Crippen LogP contribution in [0.4, 0.5) is 0 Å².